The molecule has 0 atom stereocenters. The van der Waals surface area contributed by atoms with Gasteiger partial charge in [-0.15, -0.1) is 0 Å². The molecule has 0 radical (unpaired) electrons. The fraction of sp³-hybridized carbons (Fsp3) is 0.348. The van der Waals surface area contributed by atoms with Gasteiger partial charge in [0.05, 0.1) is 19.0 Å². The highest BCUT2D eigenvalue weighted by atomic mass is 16.5. The minimum atomic E-state index is 0.639. The molecule has 1 aromatic carbocycles. The van der Waals surface area contributed by atoms with Crippen molar-refractivity contribution in [3.8, 4) is 11.6 Å². The van der Waals surface area contributed by atoms with E-state index in [4.69, 9.17) is 4.74 Å². The van der Waals surface area contributed by atoms with Crippen molar-refractivity contribution in [2.45, 2.75) is 20.4 Å². The molecule has 1 saturated heterocycles. The molecule has 0 N–H and O–H groups in total. The van der Waals surface area contributed by atoms with Crippen molar-refractivity contribution in [2.24, 2.45) is 0 Å². The van der Waals surface area contributed by atoms with Crippen LogP contribution in [-0.4, -0.2) is 47.7 Å². The van der Waals surface area contributed by atoms with Crippen LogP contribution < -0.4 is 9.64 Å². The van der Waals surface area contributed by atoms with Crippen LogP contribution in [0.25, 0.3) is 5.69 Å². The molecular weight excluding hydrogens is 348 g/mol. The van der Waals surface area contributed by atoms with E-state index in [0.717, 1.165) is 38.4 Å². The van der Waals surface area contributed by atoms with Gasteiger partial charge < -0.3 is 14.2 Å². The van der Waals surface area contributed by atoms with Crippen LogP contribution in [0.1, 0.15) is 16.8 Å². The Labute approximate surface area is 167 Å². The van der Waals surface area contributed by atoms with Crippen molar-refractivity contribution in [3.05, 3.63) is 71.7 Å². The largest absolute Gasteiger partial charge is 0.481 e. The van der Waals surface area contributed by atoms with Crippen LogP contribution in [0.3, 0.4) is 0 Å². The average Bonchev–Trinajstić information content (AvgIpc) is 3.19. The van der Waals surface area contributed by atoms with Crippen LogP contribution in [-0.2, 0) is 6.54 Å². The summed E-state index contributed by atoms with van der Waals surface area (Å²) < 4.78 is 7.38. The second-order valence-electron chi connectivity index (χ2n) is 7.41. The first-order valence-corrected chi connectivity index (χ1v) is 9.86. The third-order valence-corrected chi connectivity index (χ3v) is 5.72. The van der Waals surface area contributed by atoms with E-state index in [-0.39, 0.29) is 0 Å². The smallest absolute Gasteiger partial charge is 0.213 e. The topological polar surface area (TPSA) is 33.5 Å². The molecule has 0 spiro atoms. The highest BCUT2D eigenvalue weighted by Crippen LogP contribution is 2.24. The van der Waals surface area contributed by atoms with Gasteiger partial charge in [0.2, 0.25) is 5.88 Å². The number of benzene rings is 1. The first-order valence-electron chi connectivity index (χ1n) is 9.86. The molecule has 0 unspecified atom stereocenters. The van der Waals surface area contributed by atoms with Gasteiger partial charge in [-0.3, -0.25) is 4.90 Å². The molecule has 0 amide bonds. The molecule has 3 aromatic rings. The van der Waals surface area contributed by atoms with E-state index in [2.05, 4.69) is 69.7 Å². The van der Waals surface area contributed by atoms with Crippen LogP contribution in [0.4, 0.5) is 5.69 Å². The van der Waals surface area contributed by atoms with Gasteiger partial charge in [-0.25, -0.2) is 4.98 Å². The number of hydrogen-bond acceptors (Lipinski definition) is 4. The lowest BCUT2D eigenvalue weighted by atomic mass is 10.1. The molecule has 1 fully saturated rings. The Hall–Kier alpha value is -2.79. The molecule has 1 aliphatic rings. The summed E-state index contributed by atoms with van der Waals surface area (Å²) in [5, 5.41) is 0. The molecule has 0 bridgehead atoms. The summed E-state index contributed by atoms with van der Waals surface area (Å²) in [4.78, 5) is 9.39. The zero-order valence-corrected chi connectivity index (χ0v) is 16.9. The SMILES string of the molecule is COc1ccc(-n2cccc2CN2CCN(c3cccc(C)c3C)CC2)cn1. The molecular formula is C23H28N4O. The van der Waals surface area contributed by atoms with E-state index in [1.165, 1.54) is 22.5 Å². The number of aromatic nitrogens is 2. The number of hydrogen-bond donors (Lipinski definition) is 0. The number of rotatable bonds is 5. The van der Waals surface area contributed by atoms with Crippen LogP contribution in [0.2, 0.25) is 0 Å². The van der Waals surface area contributed by atoms with Gasteiger partial charge in [0.25, 0.3) is 0 Å². The summed E-state index contributed by atoms with van der Waals surface area (Å²) in [6.45, 7) is 9.63. The minimum Gasteiger partial charge on any atom is -0.481 e. The van der Waals surface area contributed by atoms with Gasteiger partial charge >= 0.3 is 0 Å². The lowest BCUT2D eigenvalue weighted by Crippen LogP contribution is -2.46. The number of piperazine rings is 1. The number of aryl methyl sites for hydroxylation is 1. The quantitative estimate of drug-likeness (QED) is 0.678. The zero-order valence-electron chi connectivity index (χ0n) is 16.9. The van der Waals surface area contributed by atoms with Crippen molar-refractivity contribution < 1.29 is 4.74 Å². The van der Waals surface area contributed by atoms with Crippen molar-refractivity contribution in [2.75, 3.05) is 38.2 Å². The maximum absolute atomic E-state index is 5.17. The molecule has 5 heteroatoms. The molecule has 3 heterocycles. The maximum Gasteiger partial charge on any atom is 0.213 e. The molecule has 5 nitrogen and oxygen atoms in total. The first kappa shape index (κ1) is 18.6. The van der Waals surface area contributed by atoms with E-state index >= 15 is 0 Å². The summed E-state index contributed by atoms with van der Waals surface area (Å²) in [7, 11) is 1.64. The van der Waals surface area contributed by atoms with Gasteiger partial charge in [0.1, 0.15) is 0 Å². The van der Waals surface area contributed by atoms with Crippen molar-refractivity contribution in [3.63, 3.8) is 0 Å². The highest BCUT2D eigenvalue weighted by molar-refractivity contribution is 5.56. The van der Waals surface area contributed by atoms with Crippen molar-refractivity contribution in [1.82, 2.24) is 14.5 Å². The maximum atomic E-state index is 5.17. The summed E-state index contributed by atoms with van der Waals surface area (Å²) in [6, 6.07) is 14.9. The Kier molecular flexibility index (Phi) is 5.35. The number of methoxy groups -OCH3 is 1. The number of pyridine rings is 1. The molecule has 1 aliphatic heterocycles. The normalized spacial score (nSPS) is 15.0. The van der Waals surface area contributed by atoms with Crippen LogP contribution >= 0.6 is 0 Å². The lowest BCUT2D eigenvalue weighted by Gasteiger charge is -2.37. The fourth-order valence-electron chi connectivity index (χ4n) is 3.89. The van der Waals surface area contributed by atoms with E-state index in [0.29, 0.717) is 5.88 Å². The van der Waals surface area contributed by atoms with E-state index < -0.39 is 0 Å². The second kappa shape index (κ2) is 8.07. The zero-order chi connectivity index (χ0) is 19.5. The van der Waals surface area contributed by atoms with Gasteiger partial charge in [-0.05, 0) is 49.2 Å². The molecule has 28 heavy (non-hydrogen) atoms. The van der Waals surface area contributed by atoms with E-state index in [9.17, 15) is 0 Å². The predicted octanol–water partition coefficient (Wildman–Crippen LogP) is 3.82. The Morgan fingerprint density at radius 2 is 1.79 bits per heavy atom. The van der Waals surface area contributed by atoms with E-state index in [1.54, 1.807) is 7.11 Å². The van der Waals surface area contributed by atoms with Crippen LogP contribution in [0.5, 0.6) is 5.88 Å². The summed E-state index contributed by atoms with van der Waals surface area (Å²) >= 11 is 0. The van der Waals surface area contributed by atoms with Crippen molar-refractivity contribution >= 4 is 5.69 Å². The monoisotopic (exact) mass is 376 g/mol. The third kappa shape index (κ3) is 3.76. The summed E-state index contributed by atoms with van der Waals surface area (Å²) in [5.74, 6) is 0.639. The van der Waals surface area contributed by atoms with Gasteiger partial charge in [0.15, 0.2) is 0 Å². The standard InChI is InChI=1S/C23H28N4O/c1-18-6-4-8-22(19(18)2)26-14-12-25(13-15-26)17-21-7-5-11-27(21)20-9-10-23(28-3)24-16-20/h4-11,16H,12-15,17H2,1-3H3. The summed E-state index contributed by atoms with van der Waals surface area (Å²) in [6.07, 6.45) is 3.96. The lowest BCUT2D eigenvalue weighted by molar-refractivity contribution is 0.246. The second-order valence-corrected chi connectivity index (χ2v) is 7.41. The van der Waals surface area contributed by atoms with E-state index in [1.807, 2.05) is 18.3 Å². The van der Waals surface area contributed by atoms with Crippen LogP contribution in [0, 0.1) is 13.8 Å². The first-order chi connectivity index (χ1) is 13.7. The third-order valence-electron chi connectivity index (χ3n) is 5.72. The molecule has 146 valence electrons. The number of nitrogens with zero attached hydrogens (tertiary/aromatic N) is 4. The predicted molar refractivity (Wildman–Crippen MR) is 114 cm³/mol. The Bertz CT molecular complexity index is 924. The van der Waals surface area contributed by atoms with Gasteiger partial charge in [0, 0.05) is 56.4 Å². The van der Waals surface area contributed by atoms with Gasteiger partial charge in [-0.2, -0.15) is 0 Å². The highest BCUT2D eigenvalue weighted by Gasteiger charge is 2.20. The Balaban J connectivity index is 1.42. The molecule has 0 aliphatic carbocycles. The van der Waals surface area contributed by atoms with Gasteiger partial charge in [-0.1, -0.05) is 12.1 Å². The fourth-order valence-corrected chi connectivity index (χ4v) is 3.89. The molecule has 4 rings (SSSR count). The Morgan fingerprint density at radius 1 is 0.964 bits per heavy atom. The van der Waals surface area contributed by atoms with Crippen LogP contribution in [0.15, 0.2) is 54.9 Å². The number of anilines is 1. The molecule has 0 saturated carbocycles. The number of ether oxygens (including phenoxy) is 1. The average molecular weight is 377 g/mol. The molecule has 2 aromatic heterocycles. The summed E-state index contributed by atoms with van der Waals surface area (Å²) in [5.41, 5.74) is 6.50. The van der Waals surface area contributed by atoms with Crippen molar-refractivity contribution in [1.29, 1.82) is 0 Å². The minimum absolute atomic E-state index is 0.639. The Morgan fingerprint density at radius 3 is 2.50 bits per heavy atom.